The van der Waals surface area contributed by atoms with Crippen LogP contribution >= 0.6 is 23.4 Å². The van der Waals surface area contributed by atoms with Crippen LogP contribution in [0.2, 0.25) is 5.15 Å². The molecular weight excluding hydrogens is 316 g/mol. The van der Waals surface area contributed by atoms with Crippen molar-refractivity contribution in [2.24, 2.45) is 0 Å². The zero-order valence-electron chi connectivity index (χ0n) is 11.0. The Kier molecular flexibility index (Phi) is 4.14. The SMILES string of the molecule is CSc1nc(Cl)c2ncn(C3C=CC(O)C(CO)O3)c2n1. The van der Waals surface area contributed by atoms with Crippen LogP contribution in [-0.2, 0) is 4.74 Å². The molecule has 0 radical (unpaired) electrons. The molecule has 3 heterocycles. The molecule has 0 aliphatic carbocycles. The summed E-state index contributed by atoms with van der Waals surface area (Å²) in [6.07, 6.45) is 4.64. The van der Waals surface area contributed by atoms with E-state index < -0.39 is 18.4 Å². The van der Waals surface area contributed by atoms with E-state index >= 15 is 0 Å². The number of ether oxygens (including phenoxy) is 1. The summed E-state index contributed by atoms with van der Waals surface area (Å²) in [5.41, 5.74) is 1.03. The Morgan fingerprint density at radius 2 is 2.24 bits per heavy atom. The van der Waals surface area contributed by atoms with E-state index in [4.69, 9.17) is 16.3 Å². The Morgan fingerprint density at radius 1 is 1.43 bits per heavy atom. The summed E-state index contributed by atoms with van der Waals surface area (Å²) < 4.78 is 7.33. The fourth-order valence-electron chi connectivity index (χ4n) is 2.09. The Hall–Kier alpha value is -1.19. The average Bonchev–Trinajstić information content (AvgIpc) is 2.92. The van der Waals surface area contributed by atoms with Gasteiger partial charge in [-0.1, -0.05) is 29.4 Å². The first-order chi connectivity index (χ1) is 10.1. The first kappa shape index (κ1) is 14.7. The van der Waals surface area contributed by atoms with Crippen molar-refractivity contribution < 1.29 is 14.9 Å². The molecular formula is C12H13ClN4O3S. The van der Waals surface area contributed by atoms with Crippen molar-refractivity contribution >= 4 is 34.5 Å². The number of halogens is 1. The van der Waals surface area contributed by atoms with E-state index in [9.17, 15) is 10.2 Å². The molecule has 3 atom stereocenters. The highest BCUT2D eigenvalue weighted by Crippen LogP contribution is 2.28. The van der Waals surface area contributed by atoms with Gasteiger partial charge in [0.25, 0.3) is 0 Å². The van der Waals surface area contributed by atoms with Gasteiger partial charge in [-0.3, -0.25) is 4.57 Å². The molecule has 0 fully saturated rings. The maximum absolute atomic E-state index is 9.68. The normalized spacial score (nSPS) is 25.6. The lowest BCUT2D eigenvalue weighted by atomic mass is 10.1. The lowest BCUT2D eigenvalue weighted by Gasteiger charge is -2.28. The van der Waals surface area contributed by atoms with Crippen molar-refractivity contribution in [1.82, 2.24) is 19.5 Å². The maximum atomic E-state index is 9.68. The van der Waals surface area contributed by atoms with Gasteiger partial charge in [-0.25, -0.2) is 15.0 Å². The number of nitrogens with zero attached hydrogens (tertiary/aromatic N) is 4. The second kappa shape index (κ2) is 5.90. The Labute approximate surface area is 129 Å². The second-order valence-corrected chi connectivity index (χ2v) is 5.58. The molecule has 2 N–H and O–H groups in total. The number of rotatable bonds is 3. The molecule has 0 aromatic carbocycles. The van der Waals surface area contributed by atoms with E-state index in [2.05, 4.69) is 15.0 Å². The molecule has 0 saturated heterocycles. The molecule has 0 spiro atoms. The number of aliphatic hydroxyl groups is 2. The van der Waals surface area contributed by atoms with Gasteiger partial charge in [0.05, 0.1) is 12.9 Å². The number of aliphatic hydroxyl groups excluding tert-OH is 2. The third kappa shape index (κ3) is 2.65. The summed E-state index contributed by atoms with van der Waals surface area (Å²) in [6.45, 7) is -0.277. The topological polar surface area (TPSA) is 93.3 Å². The first-order valence-corrected chi connectivity index (χ1v) is 7.81. The standard InChI is InChI=1S/C12H13ClN4O3S/c1-21-12-15-10(13)9-11(16-12)17(5-14-9)8-3-2-6(19)7(4-18)20-8/h2-3,5-8,18-19H,4H2,1H3. The van der Waals surface area contributed by atoms with Crippen LogP contribution in [-0.4, -0.2) is 54.8 Å². The third-order valence-electron chi connectivity index (χ3n) is 3.16. The molecule has 2 aromatic heterocycles. The average molecular weight is 329 g/mol. The highest BCUT2D eigenvalue weighted by molar-refractivity contribution is 7.98. The summed E-state index contributed by atoms with van der Waals surface area (Å²) in [6, 6.07) is 0. The van der Waals surface area contributed by atoms with E-state index in [-0.39, 0.29) is 11.8 Å². The van der Waals surface area contributed by atoms with E-state index in [1.54, 1.807) is 23.0 Å². The van der Waals surface area contributed by atoms with Gasteiger partial charge in [0, 0.05) is 0 Å². The van der Waals surface area contributed by atoms with E-state index in [0.717, 1.165) is 0 Å². The Balaban J connectivity index is 2.05. The molecule has 3 unspecified atom stereocenters. The number of thioether (sulfide) groups is 1. The molecule has 7 nitrogen and oxygen atoms in total. The van der Waals surface area contributed by atoms with E-state index in [0.29, 0.717) is 16.3 Å². The van der Waals surface area contributed by atoms with Crippen molar-refractivity contribution in [2.75, 3.05) is 12.9 Å². The van der Waals surface area contributed by atoms with Gasteiger partial charge in [-0.2, -0.15) is 0 Å². The predicted octanol–water partition coefficient (Wildman–Crippen LogP) is 1.01. The van der Waals surface area contributed by atoms with E-state index in [1.807, 2.05) is 6.26 Å². The minimum absolute atomic E-state index is 0.277. The van der Waals surface area contributed by atoms with Gasteiger partial charge < -0.3 is 14.9 Å². The van der Waals surface area contributed by atoms with Gasteiger partial charge in [-0.15, -0.1) is 0 Å². The fourth-order valence-corrected chi connectivity index (χ4v) is 2.71. The zero-order valence-corrected chi connectivity index (χ0v) is 12.6. The smallest absolute Gasteiger partial charge is 0.190 e. The van der Waals surface area contributed by atoms with Gasteiger partial charge in [0.15, 0.2) is 22.2 Å². The second-order valence-electron chi connectivity index (χ2n) is 4.45. The molecule has 0 saturated carbocycles. The first-order valence-electron chi connectivity index (χ1n) is 6.21. The maximum Gasteiger partial charge on any atom is 0.190 e. The predicted molar refractivity (Wildman–Crippen MR) is 78.3 cm³/mol. The molecule has 0 bridgehead atoms. The van der Waals surface area contributed by atoms with Crippen molar-refractivity contribution in [3.05, 3.63) is 23.6 Å². The molecule has 1 aliphatic rings. The van der Waals surface area contributed by atoms with Crippen LogP contribution in [0.25, 0.3) is 11.2 Å². The number of fused-ring (bicyclic) bond motifs is 1. The van der Waals surface area contributed by atoms with Crippen LogP contribution in [0.1, 0.15) is 6.23 Å². The Morgan fingerprint density at radius 3 is 2.95 bits per heavy atom. The number of aromatic nitrogens is 4. The molecule has 9 heteroatoms. The monoisotopic (exact) mass is 328 g/mol. The number of hydrogen-bond donors (Lipinski definition) is 2. The van der Waals surface area contributed by atoms with Crippen molar-refractivity contribution in [3.8, 4) is 0 Å². The van der Waals surface area contributed by atoms with Crippen LogP contribution in [0.4, 0.5) is 0 Å². The highest BCUT2D eigenvalue weighted by atomic mass is 35.5. The molecule has 112 valence electrons. The summed E-state index contributed by atoms with van der Waals surface area (Å²) in [5.74, 6) is 0. The fraction of sp³-hybridized carbons (Fsp3) is 0.417. The highest BCUT2D eigenvalue weighted by Gasteiger charge is 2.27. The van der Waals surface area contributed by atoms with E-state index in [1.165, 1.54) is 11.8 Å². The lowest BCUT2D eigenvalue weighted by Crippen LogP contribution is -2.36. The van der Waals surface area contributed by atoms with Crippen molar-refractivity contribution in [2.45, 2.75) is 23.6 Å². The van der Waals surface area contributed by atoms with Gasteiger partial charge >= 0.3 is 0 Å². The van der Waals surface area contributed by atoms with Crippen molar-refractivity contribution in [3.63, 3.8) is 0 Å². The summed E-state index contributed by atoms with van der Waals surface area (Å²) in [7, 11) is 0. The zero-order chi connectivity index (χ0) is 15.0. The minimum atomic E-state index is -0.832. The minimum Gasteiger partial charge on any atom is -0.394 e. The van der Waals surface area contributed by atoms with Crippen LogP contribution in [0.5, 0.6) is 0 Å². The molecule has 0 amide bonds. The van der Waals surface area contributed by atoms with Gasteiger partial charge in [0.1, 0.15) is 17.7 Å². The largest absolute Gasteiger partial charge is 0.394 e. The molecule has 1 aliphatic heterocycles. The summed E-state index contributed by atoms with van der Waals surface area (Å²) in [5, 5.41) is 19.7. The summed E-state index contributed by atoms with van der Waals surface area (Å²) in [4.78, 5) is 12.7. The summed E-state index contributed by atoms with van der Waals surface area (Å²) >= 11 is 7.47. The molecule has 3 rings (SSSR count). The van der Waals surface area contributed by atoms with Crippen LogP contribution in [0.15, 0.2) is 23.6 Å². The van der Waals surface area contributed by atoms with Crippen LogP contribution in [0.3, 0.4) is 0 Å². The molecule has 21 heavy (non-hydrogen) atoms. The third-order valence-corrected chi connectivity index (χ3v) is 3.97. The van der Waals surface area contributed by atoms with Gasteiger partial charge in [0.2, 0.25) is 0 Å². The lowest BCUT2D eigenvalue weighted by molar-refractivity contribution is -0.102. The number of hydrogen-bond acceptors (Lipinski definition) is 7. The Bertz CT molecular complexity index is 692. The van der Waals surface area contributed by atoms with Crippen LogP contribution < -0.4 is 0 Å². The number of imidazole rings is 1. The van der Waals surface area contributed by atoms with Crippen molar-refractivity contribution in [1.29, 1.82) is 0 Å². The van der Waals surface area contributed by atoms with Gasteiger partial charge in [-0.05, 0) is 12.3 Å². The molecule has 2 aromatic rings. The quantitative estimate of drug-likeness (QED) is 0.376. The van der Waals surface area contributed by atoms with Crippen LogP contribution in [0, 0.1) is 0 Å².